The van der Waals surface area contributed by atoms with Crippen LogP contribution in [0.2, 0.25) is 0 Å². The van der Waals surface area contributed by atoms with Gasteiger partial charge in [-0.1, -0.05) is 6.92 Å². The predicted octanol–water partition coefficient (Wildman–Crippen LogP) is 2.91. The Bertz CT molecular complexity index is 609. The average Bonchev–Trinajstić information content (AvgIpc) is 2.93. The molecule has 1 unspecified atom stereocenters. The maximum absolute atomic E-state index is 12.1. The normalized spacial score (nSPS) is 13.5. The molecule has 5 nitrogen and oxygen atoms in total. The van der Waals surface area contributed by atoms with Crippen LogP contribution in [-0.2, 0) is 24.8 Å². The van der Waals surface area contributed by atoms with Gasteiger partial charge in [0.15, 0.2) is 5.65 Å². The van der Waals surface area contributed by atoms with E-state index < -0.39 is 13.0 Å². The second kappa shape index (κ2) is 6.70. The summed E-state index contributed by atoms with van der Waals surface area (Å²) < 4.78 is 32.8. The molecule has 0 aliphatic carbocycles. The maximum Gasteiger partial charge on any atom is 0.261 e. The van der Waals surface area contributed by atoms with Crippen LogP contribution < -0.4 is 0 Å². The molecule has 21 heavy (non-hydrogen) atoms. The van der Waals surface area contributed by atoms with Gasteiger partial charge >= 0.3 is 0 Å². The summed E-state index contributed by atoms with van der Waals surface area (Å²) in [5.41, 5.74) is 2.56. The van der Waals surface area contributed by atoms with Gasteiger partial charge in [0.25, 0.3) is 6.43 Å². The highest BCUT2D eigenvalue weighted by Gasteiger charge is 2.20. The van der Waals surface area contributed by atoms with E-state index in [0.717, 1.165) is 23.3 Å². The van der Waals surface area contributed by atoms with Crippen molar-refractivity contribution in [2.24, 2.45) is 7.05 Å². The van der Waals surface area contributed by atoms with E-state index in [1.165, 1.54) is 0 Å². The van der Waals surface area contributed by atoms with Gasteiger partial charge in [-0.15, -0.1) is 11.6 Å². The Balaban J connectivity index is 2.30. The Kier molecular flexibility index (Phi) is 5.16. The third-order valence-electron chi connectivity index (χ3n) is 3.21. The topological polar surface area (TPSA) is 44.9 Å². The first-order valence-corrected chi connectivity index (χ1v) is 7.31. The molecule has 0 bridgehead atoms. The van der Waals surface area contributed by atoms with Crippen LogP contribution in [0.15, 0.2) is 0 Å². The second-order valence-corrected chi connectivity index (χ2v) is 5.45. The Morgan fingerprint density at radius 2 is 2.10 bits per heavy atom. The fourth-order valence-corrected chi connectivity index (χ4v) is 2.52. The molecule has 0 aliphatic rings. The van der Waals surface area contributed by atoms with Gasteiger partial charge in [-0.05, 0) is 13.3 Å². The third-order valence-corrected chi connectivity index (χ3v) is 3.41. The highest BCUT2D eigenvalue weighted by molar-refractivity contribution is 6.20. The van der Waals surface area contributed by atoms with Crippen molar-refractivity contribution >= 4 is 22.8 Å². The standard InChI is InChI=1S/C13H19ClF2N4O/c1-4-9-11-13(19(3)18-9)20(12(17-11)8(2)14)5-6-21-7-10(15)16/h8,10H,4-7H2,1-3H3. The maximum atomic E-state index is 12.1. The smallest absolute Gasteiger partial charge is 0.261 e. The minimum absolute atomic E-state index is 0.180. The molecular weight excluding hydrogens is 302 g/mol. The number of aromatic nitrogens is 4. The van der Waals surface area contributed by atoms with Gasteiger partial charge in [-0.3, -0.25) is 4.68 Å². The third kappa shape index (κ3) is 3.35. The first-order chi connectivity index (χ1) is 9.95. The lowest BCUT2D eigenvalue weighted by atomic mass is 10.3. The van der Waals surface area contributed by atoms with Gasteiger partial charge < -0.3 is 9.30 Å². The van der Waals surface area contributed by atoms with E-state index in [0.29, 0.717) is 12.4 Å². The number of hydrogen-bond donors (Lipinski definition) is 0. The molecule has 0 N–H and O–H groups in total. The molecule has 2 heterocycles. The summed E-state index contributed by atoms with van der Waals surface area (Å²) in [6.07, 6.45) is -1.69. The Morgan fingerprint density at radius 1 is 1.38 bits per heavy atom. The Labute approximate surface area is 126 Å². The van der Waals surface area contributed by atoms with Gasteiger partial charge in [0.05, 0.1) is 17.7 Å². The summed E-state index contributed by atoms with van der Waals surface area (Å²) in [5, 5.41) is 4.13. The van der Waals surface area contributed by atoms with Crippen LogP contribution in [0.25, 0.3) is 11.2 Å². The van der Waals surface area contributed by atoms with Gasteiger partial charge in [0.1, 0.15) is 17.9 Å². The molecular formula is C13H19ClF2N4O. The molecule has 0 saturated carbocycles. The highest BCUT2D eigenvalue weighted by atomic mass is 35.5. The molecule has 118 valence electrons. The molecule has 2 aromatic rings. The van der Waals surface area contributed by atoms with Crippen LogP contribution in [-0.4, -0.2) is 39.0 Å². The lowest BCUT2D eigenvalue weighted by Gasteiger charge is -2.11. The van der Waals surface area contributed by atoms with E-state index in [1.807, 2.05) is 25.5 Å². The number of ether oxygens (including phenoxy) is 1. The van der Waals surface area contributed by atoms with E-state index in [2.05, 4.69) is 10.1 Å². The lowest BCUT2D eigenvalue weighted by molar-refractivity contribution is 0.0148. The van der Waals surface area contributed by atoms with Crippen LogP contribution in [0.1, 0.15) is 30.7 Å². The molecule has 0 radical (unpaired) electrons. The van der Waals surface area contributed by atoms with E-state index in [-0.39, 0.29) is 12.0 Å². The van der Waals surface area contributed by atoms with Crippen LogP contribution in [0, 0.1) is 0 Å². The number of halogens is 3. The van der Waals surface area contributed by atoms with Gasteiger partial charge in [0.2, 0.25) is 0 Å². The monoisotopic (exact) mass is 320 g/mol. The lowest BCUT2D eigenvalue weighted by Crippen LogP contribution is -2.14. The summed E-state index contributed by atoms with van der Waals surface area (Å²) in [7, 11) is 1.84. The average molecular weight is 321 g/mol. The zero-order valence-electron chi connectivity index (χ0n) is 12.3. The zero-order valence-corrected chi connectivity index (χ0v) is 13.1. The summed E-state index contributed by atoms with van der Waals surface area (Å²) in [5.74, 6) is 0.704. The minimum atomic E-state index is -2.46. The number of hydrogen-bond acceptors (Lipinski definition) is 3. The van der Waals surface area contributed by atoms with Crippen molar-refractivity contribution in [3.05, 3.63) is 11.5 Å². The molecule has 8 heteroatoms. The molecule has 0 spiro atoms. The van der Waals surface area contributed by atoms with E-state index in [9.17, 15) is 8.78 Å². The summed E-state index contributed by atoms with van der Waals surface area (Å²) in [6, 6.07) is 0. The molecule has 0 saturated heterocycles. The number of fused-ring (bicyclic) bond motifs is 1. The number of aryl methyl sites for hydroxylation is 2. The molecule has 2 aromatic heterocycles. The number of imidazole rings is 1. The molecule has 0 amide bonds. The largest absolute Gasteiger partial charge is 0.374 e. The quantitative estimate of drug-likeness (QED) is 0.582. The Morgan fingerprint density at radius 3 is 2.67 bits per heavy atom. The van der Waals surface area contributed by atoms with Crippen molar-refractivity contribution in [3.63, 3.8) is 0 Å². The first-order valence-electron chi connectivity index (χ1n) is 6.87. The van der Waals surface area contributed by atoms with Gasteiger partial charge in [-0.25, -0.2) is 13.8 Å². The van der Waals surface area contributed by atoms with Crippen molar-refractivity contribution in [2.75, 3.05) is 13.2 Å². The molecule has 0 aromatic carbocycles. The fraction of sp³-hybridized carbons (Fsp3) is 0.692. The van der Waals surface area contributed by atoms with Crippen molar-refractivity contribution in [3.8, 4) is 0 Å². The van der Waals surface area contributed by atoms with Crippen LogP contribution in [0.5, 0.6) is 0 Å². The summed E-state index contributed by atoms with van der Waals surface area (Å²) in [6.45, 7) is 3.88. The van der Waals surface area contributed by atoms with Gasteiger partial charge in [-0.2, -0.15) is 5.10 Å². The van der Waals surface area contributed by atoms with Crippen LogP contribution in [0.3, 0.4) is 0 Å². The van der Waals surface area contributed by atoms with Crippen molar-refractivity contribution in [1.29, 1.82) is 0 Å². The van der Waals surface area contributed by atoms with Crippen LogP contribution in [0.4, 0.5) is 8.78 Å². The predicted molar refractivity (Wildman–Crippen MR) is 77.0 cm³/mol. The number of rotatable bonds is 7. The minimum Gasteiger partial charge on any atom is -0.374 e. The van der Waals surface area contributed by atoms with E-state index in [4.69, 9.17) is 16.3 Å². The number of alkyl halides is 3. The van der Waals surface area contributed by atoms with Gasteiger partial charge in [0, 0.05) is 13.6 Å². The fourth-order valence-electron chi connectivity index (χ4n) is 2.35. The summed E-state index contributed by atoms with van der Waals surface area (Å²) in [4.78, 5) is 4.56. The van der Waals surface area contributed by atoms with Crippen molar-refractivity contribution in [1.82, 2.24) is 19.3 Å². The van der Waals surface area contributed by atoms with E-state index >= 15 is 0 Å². The SMILES string of the molecule is CCc1nn(C)c2c1nc(C(C)Cl)n2CCOCC(F)F. The summed E-state index contributed by atoms with van der Waals surface area (Å²) >= 11 is 6.17. The molecule has 0 fully saturated rings. The first kappa shape index (κ1) is 16.2. The van der Waals surface area contributed by atoms with Crippen molar-refractivity contribution in [2.45, 2.75) is 38.6 Å². The van der Waals surface area contributed by atoms with E-state index in [1.54, 1.807) is 4.68 Å². The Hall–Kier alpha value is -1.21. The molecule has 1 atom stereocenters. The molecule has 2 rings (SSSR count). The number of nitrogens with zero attached hydrogens (tertiary/aromatic N) is 4. The van der Waals surface area contributed by atoms with Crippen molar-refractivity contribution < 1.29 is 13.5 Å². The van der Waals surface area contributed by atoms with Crippen LogP contribution >= 0.6 is 11.6 Å². The molecule has 0 aliphatic heterocycles. The highest BCUT2D eigenvalue weighted by Crippen LogP contribution is 2.26. The second-order valence-electron chi connectivity index (χ2n) is 4.80. The zero-order chi connectivity index (χ0) is 15.6.